The van der Waals surface area contributed by atoms with E-state index in [1.165, 1.54) is 6.20 Å². The van der Waals surface area contributed by atoms with Gasteiger partial charge in [0.05, 0.1) is 35.6 Å². The molecule has 2 aliphatic rings. The molecule has 1 aromatic carbocycles. The maximum absolute atomic E-state index is 12.3. The summed E-state index contributed by atoms with van der Waals surface area (Å²) in [5, 5.41) is 21.0. The van der Waals surface area contributed by atoms with Crippen molar-refractivity contribution in [2.75, 3.05) is 5.32 Å². The van der Waals surface area contributed by atoms with Crippen molar-refractivity contribution in [2.24, 2.45) is 7.05 Å². The Hall–Kier alpha value is -2.54. The number of hydrogen-bond donors (Lipinski definition) is 3. The maximum atomic E-state index is 12.3. The van der Waals surface area contributed by atoms with Crippen molar-refractivity contribution in [1.29, 1.82) is 0 Å². The first kappa shape index (κ1) is 15.0. The van der Waals surface area contributed by atoms with E-state index >= 15 is 0 Å². The first-order chi connectivity index (χ1) is 11.6. The Kier molecular flexibility index (Phi) is 3.65. The van der Waals surface area contributed by atoms with Crippen LogP contribution < -0.4 is 15.4 Å². The standard InChI is InChI=1S/C17H20N4O3/c1-21-9-10(8-18-21)17(23)20-12-6-7-14-15(16(12)22)19-11-4-2-3-5-13(11)24-14/h2-5,8-9,12,14-16,19,22H,6-7H2,1H3,(H,20,23)/t12-,14-,15-,16-/m1/s1. The first-order valence-electron chi connectivity index (χ1n) is 8.11. The lowest BCUT2D eigenvalue weighted by molar-refractivity contribution is 0.00959. The summed E-state index contributed by atoms with van der Waals surface area (Å²) in [7, 11) is 1.76. The van der Waals surface area contributed by atoms with Crippen LogP contribution in [0.4, 0.5) is 5.69 Å². The second-order valence-corrected chi connectivity index (χ2v) is 6.37. The number of hydrogen-bond acceptors (Lipinski definition) is 5. The quantitative estimate of drug-likeness (QED) is 0.763. The minimum Gasteiger partial charge on any atom is -0.486 e. The van der Waals surface area contributed by atoms with Crippen LogP contribution in [0, 0.1) is 0 Å². The number of aliphatic hydroxyl groups is 1. The molecule has 1 aromatic heterocycles. The molecule has 24 heavy (non-hydrogen) atoms. The summed E-state index contributed by atoms with van der Waals surface area (Å²) in [4.78, 5) is 12.3. The van der Waals surface area contributed by atoms with Crippen molar-refractivity contribution < 1.29 is 14.6 Å². The molecule has 1 amide bonds. The van der Waals surface area contributed by atoms with Crippen molar-refractivity contribution in [3.63, 3.8) is 0 Å². The van der Waals surface area contributed by atoms with E-state index in [-0.39, 0.29) is 24.1 Å². The summed E-state index contributed by atoms with van der Waals surface area (Å²) in [5.74, 6) is 0.589. The Balaban J connectivity index is 1.48. The molecule has 1 aliphatic heterocycles. The zero-order valence-electron chi connectivity index (χ0n) is 13.3. The molecular formula is C17H20N4O3. The van der Waals surface area contributed by atoms with Gasteiger partial charge in [-0.05, 0) is 25.0 Å². The third-order valence-electron chi connectivity index (χ3n) is 4.71. The second-order valence-electron chi connectivity index (χ2n) is 6.37. The van der Waals surface area contributed by atoms with Gasteiger partial charge in [-0.1, -0.05) is 12.1 Å². The number of nitrogens with zero attached hydrogens (tertiary/aromatic N) is 2. The summed E-state index contributed by atoms with van der Waals surface area (Å²) in [5.41, 5.74) is 1.36. The van der Waals surface area contributed by atoms with Gasteiger partial charge in [0.1, 0.15) is 11.9 Å². The van der Waals surface area contributed by atoms with Gasteiger partial charge < -0.3 is 20.5 Å². The number of benzene rings is 1. The number of anilines is 1. The zero-order chi connectivity index (χ0) is 16.7. The lowest BCUT2D eigenvalue weighted by Gasteiger charge is -2.44. The molecule has 7 heteroatoms. The summed E-state index contributed by atoms with van der Waals surface area (Å²) in [6.45, 7) is 0. The van der Waals surface area contributed by atoms with Gasteiger partial charge in [0, 0.05) is 13.2 Å². The number of aromatic nitrogens is 2. The van der Waals surface area contributed by atoms with Crippen LogP contribution in [0.2, 0.25) is 0 Å². The summed E-state index contributed by atoms with van der Waals surface area (Å²) >= 11 is 0. The van der Waals surface area contributed by atoms with E-state index in [0.717, 1.165) is 17.9 Å². The van der Waals surface area contributed by atoms with Gasteiger partial charge in [0.15, 0.2) is 0 Å². The fourth-order valence-corrected chi connectivity index (χ4v) is 3.45. The highest BCUT2D eigenvalue weighted by Crippen LogP contribution is 2.36. The van der Waals surface area contributed by atoms with Crippen LogP contribution in [0.25, 0.3) is 0 Å². The number of nitrogens with one attached hydrogen (secondary N) is 2. The van der Waals surface area contributed by atoms with Crippen molar-refractivity contribution in [3.05, 3.63) is 42.2 Å². The van der Waals surface area contributed by atoms with Gasteiger partial charge >= 0.3 is 0 Å². The Morgan fingerprint density at radius 3 is 3.04 bits per heavy atom. The lowest BCUT2D eigenvalue weighted by atomic mass is 9.84. The molecule has 4 atom stereocenters. The Morgan fingerprint density at radius 1 is 1.42 bits per heavy atom. The minimum absolute atomic E-state index is 0.0959. The van der Waals surface area contributed by atoms with Gasteiger partial charge in [-0.15, -0.1) is 0 Å². The number of para-hydroxylation sites is 2. The highest BCUT2D eigenvalue weighted by molar-refractivity contribution is 5.93. The number of amides is 1. The second kappa shape index (κ2) is 5.83. The van der Waals surface area contributed by atoms with E-state index in [1.807, 2.05) is 24.3 Å². The van der Waals surface area contributed by atoms with Crippen LogP contribution in [0.1, 0.15) is 23.2 Å². The monoisotopic (exact) mass is 328 g/mol. The molecule has 4 rings (SSSR count). The normalized spacial score (nSPS) is 28.1. The molecule has 2 aromatic rings. The molecule has 0 spiro atoms. The van der Waals surface area contributed by atoms with Crippen molar-refractivity contribution in [3.8, 4) is 5.75 Å². The van der Waals surface area contributed by atoms with Crippen LogP contribution in [-0.4, -0.2) is 45.1 Å². The molecule has 7 nitrogen and oxygen atoms in total. The van der Waals surface area contributed by atoms with Crippen LogP contribution in [0.5, 0.6) is 5.75 Å². The van der Waals surface area contributed by atoms with E-state index in [1.54, 1.807) is 17.9 Å². The Labute approximate surface area is 139 Å². The van der Waals surface area contributed by atoms with E-state index in [2.05, 4.69) is 15.7 Å². The molecule has 1 fully saturated rings. The van der Waals surface area contributed by atoms with E-state index in [9.17, 15) is 9.90 Å². The molecule has 0 radical (unpaired) electrons. The summed E-state index contributed by atoms with van der Waals surface area (Å²) in [6, 6.07) is 7.13. The molecule has 126 valence electrons. The van der Waals surface area contributed by atoms with Crippen molar-refractivity contribution in [2.45, 2.75) is 37.1 Å². The highest BCUT2D eigenvalue weighted by atomic mass is 16.5. The third-order valence-corrected chi connectivity index (χ3v) is 4.71. The minimum atomic E-state index is -0.724. The highest BCUT2D eigenvalue weighted by Gasteiger charge is 2.43. The van der Waals surface area contributed by atoms with Gasteiger partial charge in [-0.3, -0.25) is 9.48 Å². The Bertz CT molecular complexity index is 760. The topological polar surface area (TPSA) is 88.4 Å². The number of aryl methyl sites for hydroxylation is 1. The summed E-state index contributed by atoms with van der Waals surface area (Å²) < 4.78 is 7.58. The average Bonchev–Trinajstić information content (AvgIpc) is 3.03. The largest absolute Gasteiger partial charge is 0.486 e. The molecule has 0 unspecified atom stereocenters. The van der Waals surface area contributed by atoms with Crippen LogP contribution in [0.3, 0.4) is 0 Å². The molecule has 1 saturated carbocycles. The number of carbonyl (C=O) groups excluding carboxylic acids is 1. The van der Waals surface area contributed by atoms with Crippen molar-refractivity contribution in [1.82, 2.24) is 15.1 Å². The predicted molar refractivity (Wildman–Crippen MR) is 88.0 cm³/mol. The van der Waals surface area contributed by atoms with E-state index < -0.39 is 6.10 Å². The molecule has 2 heterocycles. The molecule has 0 bridgehead atoms. The van der Waals surface area contributed by atoms with Crippen LogP contribution >= 0.6 is 0 Å². The SMILES string of the molecule is Cn1cc(C(=O)N[C@@H]2CC[C@H]3Oc4ccccc4N[C@H]3[C@@H]2O)cn1. The fourth-order valence-electron chi connectivity index (χ4n) is 3.45. The number of aliphatic hydroxyl groups excluding tert-OH is 1. The number of fused-ring (bicyclic) bond motifs is 2. The maximum Gasteiger partial charge on any atom is 0.254 e. The molecule has 0 saturated heterocycles. The lowest BCUT2D eigenvalue weighted by Crippen LogP contribution is -2.61. The average molecular weight is 328 g/mol. The van der Waals surface area contributed by atoms with Gasteiger partial charge in [0.25, 0.3) is 5.91 Å². The van der Waals surface area contributed by atoms with E-state index in [4.69, 9.17) is 4.74 Å². The predicted octanol–water partition coefficient (Wildman–Crippen LogP) is 0.915. The fraction of sp³-hybridized carbons (Fsp3) is 0.412. The van der Waals surface area contributed by atoms with Crippen molar-refractivity contribution >= 4 is 11.6 Å². The van der Waals surface area contributed by atoms with Gasteiger partial charge in [-0.25, -0.2) is 0 Å². The third kappa shape index (κ3) is 2.60. The number of carbonyl (C=O) groups is 1. The smallest absolute Gasteiger partial charge is 0.254 e. The van der Waals surface area contributed by atoms with E-state index in [0.29, 0.717) is 12.0 Å². The summed E-state index contributed by atoms with van der Waals surface area (Å²) in [6.07, 6.45) is 3.79. The van der Waals surface area contributed by atoms with Gasteiger partial charge in [-0.2, -0.15) is 5.10 Å². The Morgan fingerprint density at radius 2 is 2.25 bits per heavy atom. The van der Waals surface area contributed by atoms with Crippen LogP contribution in [-0.2, 0) is 7.05 Å². The molecule has 3 N–H and O–H groups in total. The first-order valence-corrected chi connectivity index (χ1v) is 8.11. The zero-order valence-corrected chi connectivity index (χ0v) is 13.3. The van der Waals surface area contributed by atoms with Crippen LogP contribution in [0.15, 0.2) is 36.7 Å². The molecular weight excluding hydrogens is 308 g/mol. The molecule has 1 aliphatic carbocycles. The number of ether oxygens (including phenoxy) is 1. The van der Waals surface area contributed by atoms with Gasteiger partial charge in [0.2, 0.25) is 0 Å². The number of rotatable bonds is 2.